The molecule has 0 aliphatic carbocycles. The van der Waals surface area contributed by atoms with Crippen molar-refractivity contribution < 1.29 is 25.8 Å². The Morgan fingerprint density at radius 2 is 1.16 bits per heavy atom. The molecule has 0 amide bonds. The Morgan fingerprint density at radius 1 is 0.508 bits per heavy atom. The van der Waals surface area contributed by atoms with Crippen molar-refractivity contribution in [1.82, 2.24) is 9.55 Å². The number of ether oxygens (including phenoxy) is 1. The van der Waals surface area contributed by atoms with Crippen molar-refractivity contribution in [2.24, 2.45) is 0 Å². The molecule has 63 heavy (non-hydrogen) atoms. The summed E-state index contributed by atoms with van der Waals surface area (Å²) < 4.78 is 8.94. The Labute approximate surface area is 389 Å². The molecule has 0 N–H and O–H groups in total. The predicted molar refractivity (Wildman–Crippen MR) is 259 cm³/mol. The van der Waals surface area contributed by atoms with Crippen molar-refractivity contribution in [3.63, 3.8) is 0 Å². The molecule has 5 nitrogen and oxygen atoms in total. The number of aromatic nitrogens is 2. The smallest absolute Gasteiger partial charge is 0.135 e. The summed E-state index contributed by atoms with van der Waals surface area (Å²) in [5.41, 5.74) is 12.3. The van der Waals surface area contributed by atoms with E-state index in [0.29, 0.717) is 11.5 Å². The second-order valence-corrected chi connectivity index (χ2v) is 20.4. The Balaban J connectivity index is 0.00000544. The third-order valence-electron chi connectivity index (χ3n) is 12.5. The number of fused-ring (bicyclic) bond motifs is 4. The second-order valence-electron chi connectivity index (χ2n) is 20.4. The van der Waals surface area contributed by atoms with Gasteiger partial charge in [0.05, 0.1) is 0 Å². The third kappa shape index (κ3) is 8.33. The summed E-state index contributed by atoms with van der Waals surface area (Å²) in [5.74, 6) is 2.06. The van der Waals surface area contributed by atoms with Gasteiger partial charge in [-0.3, -0.25) is 0 Å². The van der Waals surface area contributed by atoms with E-state index < -0.39 is 0 Å². The Morgan fingerprint density at radius 3 is 1.89 bits per heavy atom. The van der Waals surface area contributed by atoms with Gasteiger partial charge in [-0.2, -0.15) is 12.1 Å². The zero-order valence-corrected chi connectivity index (χ0v) is 40.6. The van der Waals surface area contributed by atoms with Crippen LogP contribution in [0.15, 0.2) is 140 Å². The summed E-state index contributed by atoms with van der Waals surface area (Å²) in [6, 6.07) is 55.2. The van der Waals surface area contributed by atoms with E-state index in [2.05, 4.69) is 225 Å². The maximum Gasteiger partial charge on any atom is 0.135 e. The molecule has 0 bridgehead atoms. The molecule has 1 aliphatic rings. The van der Waals surface area contributed by atoms with Crippen LogP contribution in [0.3, 0.4) is 0 Å². The number of hydrogen-bond acceptors (Lipinski definition) is 4. The van der Waals surface area contributed by atoms with Crippen molar-refractivity contribution in [2.75, 3.05) is 9.80 Å². The van der Waals surface area contributed by atoms with Gasteiger partial charge in [0.25, 0.3) is 0 Å². The number of anilines is 4. The fraction of sp³-hybridized carbons (Fsp3) is 0.263. The fourth-order valence-corrected chi connectivity index (χ4v) is 8.54. The summed E-state index contributed by atoms with van der Waals surface area (Å²) in [4.78, 5) is 9.46. The monoisotopic (exact) mass is 1010 g/mol. The van der Waals surface area contributed by atoms with E-state index in [1.54, 1.807) is 0 Å². The van der Waals surface area contributed by atoms with Crippen LogP contribution in [0.5, 0.6) is 11.5 Å². The van der Waals surface area contributed by atoms with Crippen LogP contribution < -0.4 is 14.5 Å². The Hall–Kier alpha value is -5.64. The molecule has 0 saturated carbocycles. The van der Waals surface area contributed by atoms with Crippen molar-refractivity contribution in [1.29, 1.82) is 0 Å². The number of pyridine rings is 1. The maximum absolute atomic E-state index is 6.70. The predicted octanol–water partition coefficient (Wildman–Crippen LogP) is 15.2. The first-order chi connectivity index (χ1) is 29.4. The fourth-order valence-electron chi connectivity index (χ4n) is 8.54. The van der Waals surface area contributed by atoms with E-state index >= 15 is 0 Å². The van der Waals surface area contributed by atoms with Gasteiger partial charge < -0.3 is 19.1 Å². The Bertz CT molecular complexity index is 2960. The van der Waals surface area contributed by atoms with E-state index in [9.17, 15) is 0 Å². The largest absolute Gasteiger partial charge is 0.509 e. The molecular formula is C57H57N4OPt-3. The van der Waals surface area contributed by atoms with Gasteiger partial charge in [-0.05, 0) is 91.9 Å². The first kappa shape index (κ1) is 44.0. The first-order valence-electron chi connectivity index (χ1n) is 21.8. The van der Waals surface area contributed by atoms with Gasteiger partial charge in [0.15, 0.2) is 0 Å². The van der Waals surface area contributed by atoms with E-state index in [-0.39, 0.29) is 42.7 Å². The van der Waals surface area contributed by atoms with Crippen LogP contribution >= 0.6 is 0 Å². The minimum atomic E-state index is -0.197. The molecule has 0 radical (unpaired) electrons. The molecule has 1 aliphatic heterocycles. The van der Waals surface area contributed by atoms with E-state index in [0.717, 1.165) is 50.4 Å². The van der Waals surface area contributed by atoms with Crippen molar-refractivity contribution in [2.45, 2.75) is 97.8 Å². The average Bonchev–Trinajstić information content (AvgIpc) is 3.78. The molecule has 8 aromatic rings. The molecule has 0 unspecified atom stereocenters. The summed E-state index contributed by atoms with van der Waals surface area (Å²) in [6.45, 7) is 27.1. The standard InChI is InChI=1S/C57H57N4O.Pt/c1-54(2,3)39-19-15-20-43(31-39)60-37-59(50-28-23-40(33-52(50)60)55(4,5)6)44-21-16-22-45(35-44)62-46-25-26-47-48-32-42(57(10,11)38-17-13-12-14-18-38)24-27-49(48)61(51(47)36-46)53-34-41(29-30-58-53)56(7,8)9;/h12-34,37H,1-11H3;/q-3;. The average molecular weight is 1010 g/mol. The molecule has 2 aromatic heterocycles. The summed E-state index contributed by atoms with van der Waals surface area (Å²) in [5, 5.41) is 2.24. The number of benzene rings is 6. The van der Waals surface area contributed by atoms with Crippen LogP contribution in [0, 0.1) is 18.8 Å². The van der Waals surface area contributed by atoms with Gasteiger partial charge in [0.1, 0.15) is 5.82 Å². The van der Waals surface area contributed by atoms with Crippen molar-refractivity contribution >= 4 is 44.6 Å². The Kier molecular flexibility index (Phi) is 11.3. The van der Waals surface area contributed by atoms with Crippen LogP contribution in [0.4, 0.5) is 22.7 Å². The zero-order valence-electron chi connectivity index (χ0n) is 38.4. The van der Waals surface area contributed by atoms with E-state index in [4.69, 9.17) is 9.72 Å². The summed E-state index contributed by atoms with van der Waals surface area (Å²) in [7, 11) is 0. The van der Waals surface area contributed by atoms with Crippen LogP contribution in [-0.2, 0) is 42.7 Å². The molecule has 9 rings (SSSR count). The van der Waals surface area contributed by atoms with Crippen LogP contribution in [0.1, 0.15) is 104 Å². The number of hydrogen-bond donors (Lipinski definition) is 0. The van der Waals surface area contributed by atoms with Gasteiger partial charge in [0, 0.05) is 66.8 Å². The van der Waals surface area contributed by atoms with Gasteiger partial charge in [-0.1, -0.05) is 142 Å². The van der Waals surface area contributed by atoms with Gasteiger partial charge in [-0.15, -0.1) is 48.1 Å². The maximum atomic E-state index is 6.70. The molecule has 6 aromatic carbocycles. The molecule has 324 valence electrons. The normalized spacial score (nSPS) is 13.4. The van der Waals surface area contributed by atoms with E-state index in [1.165, 1.54) is 27.8 Å². The molecule has 0 fully saturated rings. The quantitative estimate of drug-likeness (QED) is 0.149. The first-order valence-corrected chi connectivity index (χ1v) is 21.8. The van der Waals surface area contributed by atoms with Crippen LogP contribution in [0.2, 0.25) is 0 Å². The molecule has 0 atom stereocenters. The van der Waals surface area contributed by atoms with Crippen LogP contribution in [0.25, 0.3) is 27.6 Å². The molecule has 3 heterocycles. The SMILES string of the molecule is CC(C)(C)c1cccc(N2[CH-]N(c3[c-]c(Oc4[c-]c5c(cc4)c4cc(C(C)(C)c6ccccc6)ccc4n5-c4cc(C(C)(C)C)ccn4)ccc3)c3ccc(C(C)(C)C)cc32)c1.[Pt]. The van der Waals surface area contributed by atoms with Crippen molar-refractivity contribution in [3.05, 3.63) is 186 Å². The number of rotatable bonds is 7. The minimum Gasteiger partial charge on any atom is -0.509 e. The minimum absolute atomic E-state index is 0. The molecule has 0 spiro atoms. The second kappa shape index (κ2) is 16.2. The number of nitrogens with zero attached hydrogens (tertiary/aromatic N) is 4. The van der Waals surface area contributed by atoms with Crippen molar-refractivity contribution in [3.8, 4) is 17.3 Å². The van der Waals surface area contributed by atoms with Gasteiger partial charge in [-0.25, -0.2) is 4.98 Å². The molecule has 0 saturated heterocycles. The summed E-state index contributed by atoms with van der Waals surface area (Å²) in [6.07, 6.45) is 1.92. The molecule has 6 heteroatoms. The third-order valence-corrected chi connectivity index (χ3v) is 12.5. The van der Waals surface area contributed by atoms with Gasteiger partial charge >= 0.3 is 0 Å². The summed E-state index contributed by atoms with van der Waals surface area (Å²) >= 11 is 0. The van der Waals surface area contributed by atoms with E-state index in [1.807, 2.05) is 24.4 Å². The van der Waals surface area contributed by atoms with Gasteiger partial charge in [0.2, 0.25) is 0 Å². The zero-order chi connectivity index (χ0) is 43.8. The topological polar surface area (TPSA) is 33.5 Å². The molecular weight excluding hydrogens is 952 g/mol. The van der Waals surface area contributed by atoms with Crippen LogP contribution in [-0.4, -0.2) is 9.55 Å².